The molecule has 3 unspecified atom stereocenters. The molecule has 0 radical (unpaired) electrons. The number of ether oxygens (including phenoxy) is 2. The number of amides is 2. The summed E-state index contributed by atoms with van der Waals surface area (Å²) in [5, 5.41) is 6.06. The monoisotopic (exact) mass is 358 g/mol. The lowest BCUT2D eigenvalue weighted by atomic mass is 9.92. The number of hydrogen-bond donors (Lipinski definition) is 2. The van der Waals surface area contributed by atoms with Gasteiger partial charge in [0, 0.05) is 25.3 Å². The Balaban J connectivity index is 1.53. The van der Waals surface area contributed by atoms with Crippen molar-refractivity contribution in [3.63, 3.8) is 0 Å². The summed E-state index contributed by atoms with van der Waals surface area (Å²) >= 11 is 0. The van der Waals surface area contributed by atoms with Crippen LogP contribution < -0.4 is 15.4 Å². The van der Waals surface area contributed by atoms with Crippen LogP contribution in [-0.4, -0.2) is 53.1 Å². The van der Waals surface area contributed by atoms with Crippen LogP contribution in [0, 0.1) is 0 Å². The highest BCUT2D eigenvalue weighted by Crippen LogP contribution is 2.23. The van der Waals surface area contributed by atoms with Gasteiger partial charge in [0.15, 0.2) is 0 Å². The topological polar surface area (TPSA) is 94.0 Å². The van der Waals surface area contributed by atoms with Crippen molar-refractivity contribution >= 4 is 17.5 Å². The lowest BCUT2D eigenvalue weighted by Crippen LogP contribution is -2.60. The molecular weight excluding hydrogens is 336 g/mol. The molecule has 2 aliphatic heterocycles. The van der Waals surface area contributed by atoms with E-state index < -0.39 is 0 Å². The molecule has 2 aromatic heterocycles. The first-order valence-electron chi connectivity index (χ1n) is 8.88. The standard InChI is InChI=1S/C18H22N4O4/c1-25-11-6-7-22-13(10-19-15(22)9-11)18(24)20-12-4-5-16(23)21-17(12)14-3-2-8-26-14/h6-7,9-10,12,14,17H,2-5,8H2,1H3,(H,20,24)(H,21,23). The Kier molecular flexibility index (Phi) is 4.50. The Morgan fingerprint density at radius 1 is 1.46 bits per heavy atom. The molecular formula is C18H22N4O4. The van der Waals surface area contributed by atoms with Crippen molar-refractivity contribution in [3.8, 4) is 5.75 Å². The van der Waals surface area contributed by atoms with Crippen LogP contribution >= 0.6 is 0 Å². The molecule has 0 aromatic carbocycles. The van der Waals surface area contributed by atoms with Gasteiger partial charge in [-0.3, -0.25) is 14.0 Å². The highest BCUT2D eigenvalue weighted by Gasteiger charge is 2.37. The van der Waals surface area contributed by atoms with Crippen LogP contribution in [0.1, 0.15) is 36.2 Å². The van der Waals surface area contributed by atoms with Gasteiger partial charge >= 0.3 is 0 Å². The number of aromatic nitrogens is 2. The lowest BCUT2D eigenvalue weighted by molar-refractivity contribution is -0.125. The number of fused-ring (bicyclic) bond motifs is 1. The van der Waals surface area contributed by atoms with E-state index in [9.17, 15) is 9.59 Å². The number of methoxy groups -OCH3 is 1. The summed E-state index contributed by atoms with van der Waals surface area (Å²) in [7, 11) is 1.59. The van der Waals surface area contributed by atoms with Crippen molar-refractivity contribution in [1.29, 1.82) is 0 Å². The Morgan fingerprint density at radius 2 is 2.35 bits per heavy atom. The molecule has 138 valence electrons. The normalized spacial score (nSPS) is 25.9. The maximum absolute atomic E-state index is 12.8. The molecule has 4 rings (SSSR count). The number of nitrogens with one attached hydrogen (secondary N) is 2. The first-order valence-corrected chi connectivity index (χ1v) is 8.88. The zero-order valence-electron chi connectivity index (χ0n) is 14.6. The molecule has 8 heteroatoms. The maximum Gasteiger partial charge on any atom is 0.270 e. The molecule has 2 saturated heterocycles. The number of hydrogen-bond acceptors (Lipinski definition) is 5. The highest BCUT2D eigenvalue weighted by atomic mass is 16.5. The minimum Gasteiger partial charge on any atom is -0.497 e. The van der Waals surface area contributed by atoms with Crippen molar-refractivity contribution in [2.75, 3.05) is 13.7 Å². The van der Waals surface area contributed by atoms with Crippen molar-refractivity contribution < 1.29 is 19.1 Å². The molecule has 2 aliphatic rings. The van der Waals surface area contributed by atoms with Gasteiger partial charge in [-0.2, -0.15) is 0 Å². The van der Waals surface area contributed by atoms with Gasteiger partial charge in [0.2, 0.25) is 5.91 Å². The van der Waals surface area contributed by atoms with Crippen LogP contribution in [0.4, 0.5) is 0 Å². The molecule has 0 bridgehead atoms. The molecule has 3 atom stereocenters. The summed E-state index contributed by atoms with van der Waals surface area (Å²) in [5.41, 5.74) is 1.09. The van der Waals surface area contributed by atoms with Crippen molar-refractivity contribution in [2.24, 2.45) is 0 Å². The average Bonchev–Trinajstić information content (AvgIpc) is 3.32. The first-order chi connectivity index (χ1) is 12.7. The summed E-state index contributed by atoms with van der Waals surface area (Å²) < 4.78 is 12.7. The van der Waals surface area contributed by atoms with Gasteiger partial charge in [0.05, 0.1) is 31.5 Å². The van der Waals surface area contributed by atoms with E-state index in [1.165, 1.54) is 0 Å². The second kappa shape index (κ2) is 6.95. The van der Waals surface area contributed by atoms with E-state index in [1.54, 1.807) is 36.0 Å². The summed E-state index contributed by atoms with van der Waals surface area (Å²) in [6.07, 6.45) is 6.14. The zero-order chi connectivity index (χ0) is 18.1. The zero-order valence-corrected chi connectivity index (χ0v) is 14.6. The number of imidazole rings is 1. The predicted octanol–water partition coefficient (Wildman–Crippen LogP) is 0.899. The van der Waals surface area contributed by atoms with E-state index >= 15 is 0 Å². The number of pyridine rings is 1. The van der Waals surface area contributed by atoms with Crippen LogP contribution in [-0.2, 0) is 9.53 Å². The van der Waals surface area contributed by atoms with E-state index in [4.69, 9.17) is 9.47 Å². The minimum absolute atomic E-state index is 0.0119. The van der Waals surface area contributed by atoms with Gasteiger partial charge in [-0.25, -0.2) is 4.98 Å². The van der Waals surface area contributed by atoms with E-state index in [0.717, 1.165) is 12.8 Å². The summed E-state index contributed by atoms with van der Waals surface area (Å²) in [6.45, 7) is 0.701. The van der Waals surface area contributed by atoms with Crippen LogP contribution in [0.15, 0.2) is 24.5 Å². The highest BCUT2D eigenvalue weighted by molar-refractivity contribution is 5.93. The molecule has 2 aromatic rings. The Bertz CT molecular complexity index is 828. The number of rotatable bonds is 4. The first kappa shape index (κ1) is 16.8. The lowest BCUT2D eigenvalue weighted by Gasteiger charge is -2.36. The smallest absolute Gasteiger partial charge is 0.270 e. The maximum atomic E-state index is 12.8. The van der Waals surface area contributed by atoms with Crippen molar-refractivity contribution in [3.05, 3.63) is 30.2 Å². The SMILES string of the molecule is COc1ccn2c(C(=O)NC3CCC(=O)NC3C3CCCO3)cnc2c1. The third kappa shape index (κ3) is 3.12. The molecule has 0 saturated carbocycles. The van der Waals surface area contributed by atoms with Gasteiger partial charge in [-0.15, -0.1) is 0 Å². The number of carbonyl (C=O) groups is 2. The Labute approximate surface area is 150 Å². The second-order valence-corrected chi connectivity index (χ2v) is 6.70. The second-order valence-electron chi connectivity index (χ2n) is 6.70. The van der Waals surface area contributed by atoms with Crippen LogP contribution in [0.3, 0.4) is 0 Å². The summed E-state index contributed by atoms with van der Waals surface area (Å²) in [6, 6.07) is 3.20. The van der Waals surface area contributed by atoms with E-state index in [-0.39, 0.29) is 30.0 Å². The number of nitrogens with zero attached hydrogens (tertiary/aromatic N) is 2. The van der Waals surface area contributed by atoms with Crippen molar-refractivity contribution in [2.45, 2.75) is 43.9 Å². The fourth-order valence-electron chi connectivity index (χ4n) is 3.72. The van der Waals surface area contributed by atoms with Gasteiger partial charge < -0.3 is 20.1 Å². The minimum atomic E-state index is -0.216. The quantitative estimate of drug-likeness (QED) is 0.847. The molecule has 2 fully saturated rings. The predicted molar refractivity (Wildman–Crippen MR) is 93.1 cm³/mol. The number of carbonyl (C=O) groups excluding carboxylic acids is 2. The van der Waals surface area contributed by atoms with Crippen LogP contribution in [0.2, 0.25) is 0 Å². The van der Waals surface area contributed by atoms with Crippen LogP contribution in [0.5, 0.6) is 5.75 Å². The third-order valence-corrected chi connectivity index (χ3v) is 5.08. The van der Waals surface area contributed by atoms with E-state index in [1.807, 2.05) is 0 Å². The van der Waals surface area contributed by atoms with Gasteiger partial charge in [-0.1, -0.05) is 0 Å². The molecule has 26 heavy (non-hydrogen) atoms. The van der Waals surface area contributed by atoms with Gasteiger partial charge in [-0.05, 0) is 25.3 Å². The summed E-state index contributed by atoms with van der Waals surface area (Å²) in [4.78, 5) is 28.9. The Morgan fingerprint density at radius 3 is 3.12 bits per heavy atom. The van der Waals surface area contributed by atoms with Gasteiger partial charge in [0.1, 0.15) is 17.1 Å². The van der Waals surface area contributed by atoms with Gasteiger partial charge in [0.25, 0.3) is 5.91 Å². The average molecular weight is 358 g/mol. The van der Waals surface area contributed by atoms with E-state index in [2.05, 4.69) is 15.6 Å². The fraction of sp³-hybridized carbons (Fsp3) is 0.500. The third-order valence-electron chi connectivity index (χ3n) is 5.08. The molecule has 2 amide bonds. The Hall–Kier alpha value is -2.61. The fourth-order valence-corrected chi connectivity index (χ4v) is 3.72. The molecule has 0 aliphatic carbocycles. The van der Waals surface area contributed by atoms with Crippen LogP contribution in [0.25, 0.3) is 5.65 Å². The molecule has 0 spiro atoms. The largest absolute Gasteiger partial charge is 0.497 e. The molecule has 8 nitrogen and oxygen atoms in total. The summed E-state index contributed by atoms with van der Waals surface area (Å²) in [5.74, 6) is 0.480. The molecule has 2 N–H and O–H groups in total. The van der Waals surface area contributed by atoms with E-state index in [0.29, 0.717) is 36.5 Å². The number of piperidine rings is 1. The molecule has 4 heterocycles. The van der Waals surface area contributed by atoms with Crippen molar-refractivity contribution in [1.82, 2.24) is 20.0 Å².